The zero-order valence-electron chi connectivity index (χ0n) is 27.4. The molecule has 2 aromatic heterocycles. The molecule has 0 saturated heterocycles. The molecule has 0 bridgehead atoms. The molecule has 6 aromatic carbocycles. The van der Waals surface area contributed by atoms with Gasteiger partial charge < -0.3 is 9.55 Å². The molecule has 0 unspecified atom stereocenters. The summed E-state index contributed by atoms with van der Waals surface area (Å²) in [6, 6.07) is 41.0. The number of hydrogen-bond acceptors (Lipinski definition) is 0. The molecule has 2 nitrogen and oxygen atoms in total. The first kappa shape index (κ1) is 26.9. The number of nitrogens with one attached hydrogen (secondary N) is 1. The Kier molecular flexibility index (Phi) is 5.25. The van der Waals surface area contributed by atoms with Crippen LogP contribution in [0.2, 0.25) is 0 Å². The molecule has 0 fully saturated rings. The maximum Gasteiger partial charge on any atom is 0.197 e. The molecule has 0 saturated carbocycles. The fourth-order valence-corrected chi connectivity index (χ4v) is 9.22. The third kappa shape index (κ3) is 3.47. The number of hydrogen-bond donors (Lipinski definition) is 1. The van der Waals surface area contributed by atoms with Gasteiger partial charge in [-0.3, -0.25) is 0 Å². The Hall–Kier alpha value is -5.28. The van der Waals surface area contributed by atoms with Crippen LogP contribution in [0.15, 0.2) is 109 Å². The van der Waals surface area contributed by atoms with E-state index in [2.05, 4.69) is 161 Å². The molecule has 47 heavy (non-hydrogen) atoms. The van der Waals surface area contributed by atoms with Crippen molar-refractivity contribution in [3.63, 3.8) is 0 Å². The van der Waals surface area contributed by atoms with Gasteiger partial charge in [-0.1, -0.05) is 116 Å². The first-order valence-corrected chi connectivity index (χ1v) is 16.7. The molecule has 8 aromatic rings. The Labute approximate surface area is 275 Å². The third-order valence-corrected chi connectivity index (χ3v) is 11.0. The SMILES string of the molecule is Cc1cc(C)c(-c2cc(-c3cccc4c5c([nH]c34)-c3ccccc3C5(C)C)c3c(c2)-n2c4ccccc4c4cccc(c42)[B]3)c(C)c1. The predicted molar refractivity (Wildman–Crippen MR) is 200 cm³/mol. The highest BCUT2D eigenvalue weighted by Gasteiger charge is 2.39. The van der Waals surface area contributed by atoms with Gasteiger partial charge in [-0.05, 0) is 83.4 Å². The van der Waals surface area contributed by atoms with Crippen LogP contribution >= 0.6 is 0 Å². The van der Waals surface area contributed by atoms with Gasteiger partial charge in [0.25, 0.3) is 0 Å². The maximum atomic E-state index is 3.99. The van der Waals surface area contributed by atoms with Crippen LogP contribution in [0.1, 0.15) is 41.7 Å². The number of aromatic nitrogens is 2. The van der Waals surface area contributed by atoms with Gasteiger partial charge in [0, 0.05) is 43.9 Å². The highest BCUT2D eigenvalue weighted by atomic mass is 15.0. The third-order valence-electron chi connectivity index (χ3n) is 11.0. The highest BCUT2D eigenvalue weighted by molar-refractivity contribution is 6.73. The Morgan fingerprint density at radius 1 is 0.660 bits per heavy atom. The summed E-state index contributed by atoms with van der Waals surface area (Å²) in [6.07, 6.45) is 0. The Bertz CT molecular complexity index is 2640. The zero-order valence-corrected chi connectivity index (χ0v) is 27.4. The summed E-state index contributed by atoms with van der Waals surface area (Å²) in [6.45, 7) is 11.5. The summed E-state index contributed by atoms with van der Waals surface area (Å²) in [4.78, 5) is 3.99. The lowest BCUT2D eigenvalue weighted by molar-refractivity contribution is 0.666. The van der Waals surface area contributed by atoms with E-state index in [0.29, 0.717) is 0 Å². The van der Waals surface area contributed by atoms with Crippen LogP contribution in [0.4, 0.5) is 0 Å². The number of para-hydroxylation sites is 3. The Morgan fingerprint density at radius 3 is 2.21 bits per heavy atom. The molecule has 10 rings (SSSR count). The van der Waals surface area contributed by atoms with E-state index in [1.54, 1.807) is 0 Å². The molecule has 1 N–H and O–H groups in total. The topological polar surface area (TPSA) is 20.7 Å². The number of rotatable bonds is 2. The number of benzene rings is 6. The summed E-state index contributed by atoms with van der Waals surface area (Å²) in [5.74, 6) is 0. The lowest BCUT2D eigenvalue weighted by Crippen LogP contribution is -2.37. The van der Waals surface area contributed by atoms with Crippen LogP contribution in [-0.2, 0) is 5.41 Å². The van der Waals surface area contributed by atoms with Crippen molar-refractivity contribution >= 4 is 50.9 Å². The minimum atomic E-state index is -0.0824. The second-order valence-electron chi connectivity index (χ2n) is 14.2. The molecular formula is C44H34BN2. The second kappa shape index (κ2) is 9.17. The van der Waals surface area contributed by atoms with Crippen molar-refractivity contribution < 1.29 is 0 Å². The molecule has 2 aliphatic rings. The monoisotopic (exact) mass is 601 g/mol. The molecule has 0 amide bonds. The van der Waals surface area contributed by atoms with Crippen molar-refractivity contribution in [1.82, 2.24) is 9.55 Å². The quantitative estimate of drug-likeness (QED) is 0.191. The smallest absolute Gasteiger partial charge is 0.197 e. The molecule has 1 radical (unpaired) electrons. The van der Waals surface area contributed by atoms with Crippen molar-refractivity contribution in [2.45, 2.75) is 40.0 Å². The van der Waals surface area contributed by atoms with Crippen LogP contribution in [0, 0.1) is 20.8 Å². The van der Waals surface area contributed by atoms with E-state index in [1.807, 2.05) is 0 Å². The number of fused-ring (bicyclic) bond motifs is 10. The largest absolute Gasteiger partial charge is 0.354 e. The average molecular weight is 602 g/mol. The first-order valence-electron chi connectivity index (χ1n) is 16.7. The number of aromatic amines is 1. The maximum absolute atomic E-state index is 3.99. The van der Waals surface area contributed by atoms with Crippen LogP contribution < -0.4 is 10.9 Å². The molecule has 1 aliphatic heterocycles. The van der Waals surface area contributed by atoms with Gasteiger partial charge >= 0.3 is 0 Å². The fourth-order valence-electron chi connectivity index (χ4n) is 9.22. The molecule has 1 aliphatic carbocycles. The number of nitrogens with zero attached hydrogens (tertiary/aromatic N) is 1. The van der Waals surface area contributed by atoms with E-state index in [9.17, 15) is 0 Å². The minimum Gasteiger partial charge on any atom is -0.354 e. The van der Waals surface area contributed by atoms with Crippen molar-refractivity contribution in [3.8, 4) is 39.2 Å². The summed E-state index contributed by atoms with van der Waals surface area (Å²) in [5.41, 5.74) is 21.8. The first-order chi connectivity index (χ1) is 22.8. The van der Waals surface area contributed by atoms with E-state index < -0.39 is 0 Å². The lowest BCUT2D eigenvalue weighted by atomic mass is 9.58. The minimum absolute atomic E-state index is 0.0824. The van der Waals surface area contributed by atoms with Gasteiger partial charge in [0.15, 0.2) is 7.28 Å². The Balaban J connectivity index is 1.34. The van der Waals surface area contributed by atoms with Gasteiger partial charge in [0.2, 0.25) is 0 Å². The fraction of sp³-hybridized carbons (Fsp3) is 0.136. The molecule has 0 atom stereocenters. The Morgan fingerprint density at radius 2 is 1.36 bits per heavy atom. The van der Waals surface area contributed by atoms with Crippen molar-refractivity contribution in [2.75, 3.05) is 0 Å². The molecular weight excluding hydrogens is 567 g/mol. The summed E-state index contributed by atoms with van der Waals surface area (Å²) < 4.78 is 2.52. The molecule has 3 heteroatoms. The van der Waals surface area contributed by atoms with Crippen LogP contribution in [0.3, 0.4) is 0 Å². The van der Waals surface area contributed by atoms with Crippen molar-refractivity contribution in [2.24, 2.45) is 0 Å². The summed E-state index contributed by atoms with van der Waals surface area (Å²) >= 11 is 0. The van der Waals surface area contributed by atoms with Gasteiger partial charge in [-0.15, -0.1) is 0 Å². The van der Waals surface area contributed by atoms with Gasteiger partial charge in [-0.25, -0.2) is 0 Å². The second-order valence-corrected chi connectivity index (χ2v) is 14.2. The van der Waals surface area contributed by atoms with E-state index in [4.69, 9.17) is 0 Å². The van der Waals surface area contributed by atoms with Gasteiger partial charge in [-0.2, -0.15) is 0 Å². The van der Waals surface area contributed by atoms with E-state index in [-0.39, 0.29) is 5.41 Å². The normalized spacial score (nSPS) is 14.0. The summed E-state index contributed by atoms with van der Waals surface area (Å²) in [5, 5.41) is 3.91. The van der Waals surface area contributed by atoms with Crippen LogP contribution in [0.25, 0.3) is 71.9 Å². The van der Waals surface area contributed by atoms with Gasteiger partial charge in [0.1, 0.15) is 0 Å². The van der Waals surface area contributed by atoms with E-state index >= 15 is 0 Å². The van der Waals surface area contributed by atoms with Crippen LogP contribution in [-0.4, -0.2) is 16.8 Å². The van der Waals surface area contributed by atoms with Crippen LogP contribution in [0.5, 0.6) is 0 Å². The van der Waals surface area contributed by atoms with Crippen molar-refractivity contribution in [3.05, 3.63) is 137 Å². The van der Waals surface area contributed by atoms with E-state index in [1.165, 1.54) is 111 Å². The summed E-state index contributed by atoms with van der Waals surface area (Å²) in [7, 11) is 2.43. The molecule has 0 spiro atoms. The number of aryl methyl sites for hydroxylation is 3. The number of H-pyrrole nitrogens is 1. The van der Waals surface area contributed by atoms with E-state index in [0.717, 1.165) is 0 Å². The van der Waals surface area contributed by atoms with Gasteiger partial charge in [0.05, 0.1) is 16.7 Å². The van der Waals surface area contributed by atoms with Crippen molar-refractivity contribution in [1.29, 1.82) is 0 Å². The highest BCUT2D eigenvalue weighted by Crippen LogP contribution is 2.52. The zero-order chi connectivity index (χ0) is 31.8. The standard InChI is InChI=1S/C44H34BN2/c1-24-20-25(2)38(26(3)21-24)27-22-33(29-14-10-16-32-39-42(46-41(29)32)31-13-6-8-17-34(31)44(39,4)5)40-37(23-27)47-36-19-9-7-12-28(36)30-15-11-18-35(45-40)43(30)47/h6-23,46H,1-5H3. The predicted octanol–water partition coefficient (Wildman–Crippen LogP) is 9.80. The molecule has 223 valence electrons. The lowest BCUT2D eigenvalue weighted by Gasteiger charge is -2.26. The average Bonchev–Trinajstić information content (AvgIpc) is 3.69. The molecule has 3 heterocycles.